The Balaban J connectivity index is 1.86. The number of aromatic nitrogens is 1. The van der Waals surface area contributed by atoms with E-state index in [1.165, 1.54) is 0 Å². The van der Waals surface area contributed by atoms with Crippen LogP contribution in [-0.2, 0) is 4.74 Å². The normalized spacial score (nSPS) is 14.7. The first-order valence-corrected chi connectivity index (χ1v) is 6.72. The number of rotatable bonds is 2. The lowest BCUT2D eigenvalue weighted by atomic mass is 10.2. The third-order valence-electron chi connectivity index (χ3n) is 3.47. The van der Waals surface area contributed by atoms with Gasteiger partial charge in [-0.1, -0.05) is 24.3 Å². The quantitative estimate of drug-likeness (QED) is 0.721. The smallest absolute Gasteiger partial charge is 0.414 e. The fraction of sp³-hybridized carbons (Fsp3) is 0.125. The van der Waals surface area contributed by atoms with Gasteiger partial charge < -0.3 is 9.15 Å². The van der Waals surface area contributed by atoms with Crippen LogP contribution >= 0.6 is 0 Å². The summed E-state index contributed by atoms with van der Waals surface area (Å²) in [7, 11) is 0. The summed E-state index contributed by atoms with van der Waals surface area (Å²) in [5.74, 6) is 0.547. The summed E-state index contributed by atoms with van der Waals surface area (Å²) in [5, 5.41) is 0. The molecule has 0 spiro atoms. The van der Waals surface area contributed by atoms with Crippen LogP contribution in [-0.4, -0.2) is 24.2 Å². The molecule has 1 saturated heterocycles. The SMILES string of the molecule is O=C1OCCN1c1cccc2nc(-c3ccccc3)oc12. The second-order valence-electron chi connectivity index (χ2n) is 4.78. The first kappa shape index (κ1) is 12.0. The van der Waals surface area contributed by atoms with Crippen molar-refractivity contribution < 1.29 is 13.9 Å². The number of cyclic esters (lactones) is 1. The largest absolute Gasteiger partial charge is 0.447 e. The Morgan fingerprint density at radius 1 is 1.05 bits per heavy atom. The van der Waals surface area contributed by atoms with Crippen molar-refractivity contribution in [2.45, 2.75) is 0 Å². The van der Waals surface area contributed by atoms with Crippen LogP contribution < -0.4 is 4.90 Å². The molecule has 4 rings (SSSR count). The minimum atomic E-state index is -0.347. The van der Waals surface area contributed by atoms with Crippen molar-refractivity contribution in [3.05, 3.63) is 48.5 Å². The minimum absolute atomic E-state index is 0.347. The Kier molecular flexibility index (Phi) is 2.64. The molecular weight excluding hydrogens is 268 g/mol. The van der Waals surface area contributed by atoms with E-state index in [1.54, 1.807) is 4.90 Å². The van der Waals surface area contributed by atoms with Gasteiger partial charge in [0, 0.05) is 5.56 Å². The van der Waals surface area contributed by atoms with Gasteiger partial charge in [0.1, 0.15) is 12.1 Å². The van der Waals surface area contributed by atoms with Crippen LogP contribution in [0.15, 0.2) is 52.9 Å². The molecular formula is C16H12N2O3. The summed E-state index contributed by atoms with van der Waals surface area (Å²) in [5.41, 5.74) is 2.94. The van der Waals surface area contributed by atoms with Crippen LogP contribution in [0, 0.1) is 0 Å². The van der Waals surface area contributed by atoms with Gasteiger partial charge >= 0.3 is 6.09 Å². The van der Waals surface area contributed by atoms with Gasteiger partial charge in [0.15, 0.2) is 5.58 Å². The van der Waals surface area contributed by atoms with Crippen LogP contribution in [0.25, 0.3) is 22.6 Å². The van der Waals surface area contributed by atoms with Crippen molar-refractivity contribution >= 4 is 22.9 Å². The number of carbonyl (C=O) groups excluding carboxylic acids is 1. The second kappa shape index (κ2) is 4.63. The van der Waals surface area contributed by atoms with Crippen molar-refractivity contribution in [1.82, 2.24) is 4.98 Å². The van der Waals surface area contributed by atoms with Crippen molar-refractivity contribution in [1.29, 1.82) is 0 Å². The first-order chi connectivity index (χ1) is 10.3. The summed E-state index contributed by atoms with van der Waals surface area (Å²) in [6.07, 6.45) is -0.347. The van der Waals surface area contributed by atoms with Crippen LogP contribution in [0.3, 0.4) is 0 Å². The maximum atomic E-state index is 11.7. The highest BCUT2D eigenvalue weighted by Crippen LogP contribution is 2.32. The van der Waals surface area contributed by atoms with Crippen molar-refractivity contribution in [3.63, 3.8) is 0 Å². The van der Waals surface area contributed by atoms with Gasteiger partial charge in [-0.05, 0) is 24.3 Å². The molecule has 1 fully saturated rings. The highest BCUT2D eigenvalue weighted by atomic mass is 16.6. The van der Waals surface area contributed by atoms with E-state index in [0.717, 1.165) is 11.1 Å². The predicted octanol–water partition coefficient (Wildman–Crippen LogP) is 3.45. The zero-order chi connectivity index (χ0) is 14.2. The van der Waals surface area contributed by atoms with Gasteiger partial charge in [-0.2, -0.15) is 0 Å². The molecule has 1 amide bonds. The molecule has 0 bridgehead atoms. The van der Waals surface area contributed by atoms with Crippen LogP contribution in [0.4, 0.5) is 10.5 Å². The average Bonchev–Trinajstić information content (AvgIpc) is 3.14. The molecule has 2 aromatic carbocycles. The van der Waals surface area contributed by atoms with E-state index in [1.807, 2.05) is 48.5 Å². The molecule has 0 unspecified atom stereocenters. The van der Waals surface area contributed by atoms with Crippen LogP contribution in [0.5, 0.6) is 0 Å². The second-order valence-corrected chi connectivity index (χ2v) is 4.78. The van der Waals surface area contributed by atoms with Gasteiger partial charge in [0.25, 0.3) is 0 Å². The van der Waals surface area contributed by atoms with E-state index < -0.39 is 0 Å². The minimum Gasteiger partial charge on any atom is -0.447 e. The van der Waals surface area contributed by atoms with E-state index in [0.29, 0.717) is 30.3 Å². The molecule has 0 aliphatic carbocycles. The Hall–Kier alpha value is -2.82. The molecule has 3 aromatic rings. The summed E-state index contributed by atoms with van der Waals surface area (Å²) in [6.45, 7) is 0.925. The molecule has 0 atom stereocenters. The zero-order valence-electron chi connectivity index (χ0n) is 11.2. The lowest BCUT2D eigenvalue weighted by Crippen LogP contribution is -2.23. The monoisotopic (exact) mass is 280 g/mol. The van der Waals surface area contributed by atoms with E-state index in [-0.39, 0.29) is 6.09 Å². The molecule has 1 aromatic heterocycles. The fourth-order valence-corrected chi connectivity index (χ4v) is 2.46. The van der Waals surface area contributed by atoms with Crippen molar-refractivity contribution in [2.24, 2.45) is 0 Å². The molecule has 5 nitrogen and oxygen atoms in total. The van der Waals surface area contributed by atoms with Crippen molar-refractivity contribution in [2.75, 3.05) is 18.1 Å². The van der Waals surface area contributed by atoms with Crippen LogP contribution in [0.2, 0.25) is 0 Å². The lowest BCUT2D eigenvalue weighted by Gasteiger charge is -2.11. The highest BCUT2D eigenvalue weighted by molar-refractivity contribution is 5.99. The highest BCUT2D eigenvalue weighted by Gasteiger charge is 2.26. The van der Waals surface area contributed by atoms with E-state index in [9.17, 15) is 4.79 Å². The number of para-hydroxylation sites is 1. The third-order valence-corrected chi connectivity index (χ3v) is 3.47. The number of hydrogen-bond acceptors (Lipinski definition) is 4. The maximum absolute atomic E-state index is 11.7. The number of nitrogens with zero attached hydrogens (tertiary/aromatic N) is 2. The maximum Gasteiger partial charge on any atom is 0.414 e. The Morgan fingerprint density at radius 3 is 2.67 bits per heavy atom. The third kappa shape index (κ3) is 1.94. The standard InChI is InChI=1S/C16H12N2O3/c19-16-18(9-10-20-16)13-8-4-7-12-14(13)21-15(17-12)11-5-2-1-3-6-11/h1-8H,9-10H2. The predicted molar refractivity (Wildman–Crippen MR) is 78.1 cm³/mol. The summed E-state index contributed by atoms with van der Waals surface area (Å²) in [6, 6.07) is 15.3. The Labute approximate surface area is 120 Å². The number of fused-ring (bicyclic) bond motifs is 1. The Bertz CT molecular complexity index is 811. The topological polar surface area (TPSA) is 55.6 Å². The molecule has 1 aliphatic heterocycles. The van der Waals surface area contributed by atoms with E-state index >= 15 is 0 Å². The number of ether oxygens (including phenoxy) is 1. The number of anilines is 1. The van der Waals surface area contributed by atoms with Crippen LogP contribution in [0.1, 0.15) is 0 Å². The number of benzene rings is 2. The molecule has 104 valence electrons. The molecule has 21 heavy (non-hydrogen) atoms. The summed E-state index contributed by atoms with van der Waals surface area (Å²) >= 11 is 0. The van der Waals surface area contributed by atoms with E-state index in [4.69, 9.17) is 9.15 Å². The van der Waals surface area contributed by atoms with Gasteiger partial charge in [0.05, 0.1) is 12.2 Å². The molecule has 0 N–H and O–H groups in total. The van der Waals surface area contributed by atoms with Gasteiger partial charge in [-0.25, -0.2) is 9.78 Å². The number of carbonyl (C=O) groups is 1. The summed E-state index contributed by atoms with van der Waals surface area (Å²) in [4.78, 5) is 17.8. The lowest BCUT2D eigenvalue weighted by molar-refractivity contribution is 0.181. The molecule has 0 saturated carbocycles. The van der Waals surface area contributed by atoms with Gasteiger partial charge in [-0.15, -0.1) is 0 Å². The van der Waals surface area contributed by atoms with Gasteiger partial charge in [0.2, 0.25) is 5.89 Å². The van der Waals surface area contributed by atoms with Gasteiger partial charge in [-0.3, -0.25) is 4.90 Å². The molecule has 0 radical (unpaired) electrons. The number of hydrogen-bond donors (Lipinski definition) is 0. The molecule has 5 heteroatoms. The van der Waals surface area contributed by atoms with Crippen molar-refractivity contribution in [3.8, 4) is 11.5 Å². The first-order valence-electron chi connectivity index (χ1n) is 6.72. The average molecular weight is 280 g/mol. The summed E-state index contributed by atoms with van der Waals surface area (Å²) < 4.78 is 10.9. The fourth-order valence-electron chi connectivity index (χ4n) is 2.46. The Morgan fingerprint density at radius 2 is 1.90 bits per heavy atom. The zero-order valence-corrected chi connectivity index (χ0v) is 11.2. The van der Waals surface area contributed by atoms with E-state index in [2.05, 4.69) is 4.98 Å². The molecule has 2 heterocycles. The molecule has 1 aliphatic rings. The number of oxazole rings is 1. The number of amides is 1.